The van der Waals surface area contributed by atoms with E-state index in [-0.39, 0.29) is 6.04 Å². The van der Waals surface area contributed by atoms with Gasteiger partial charge in [-0.2, -0.15) is 0 Å². The van der Waals surface area contributed by atoms with Crippen molar-refractivity contribution in [2.45, 2.75) is 46.1 Å². The third-order valence-electron chi connectivity index (χ3n) is 4.67. The molecular weight excluding hydrogens is 250 g/mol. The van der Waals surface area contributed by atoms with Gasteiger partial charge >= 0.3 is 0 Å². The van der Waals surface area contributed by atoms with E-state index in [1.807, 2.05) is 0 Å². The van der Waals surface area contributed by atoms with Crippen molar-refractivity contribution in [3.63, 3.8) is 0 Å². The first kappa shape index (κ1) is 15.8. The zero-order valence-corrected chi connectivity index (χ0v) is 13.4. The van der Waals surface area contributed by atoms with Crippen molar-refractivity contribution in [1.82, 2.24) is 15.1 Å². The monoisotopic (exact) mass is 281 g/mol. The number of hydrogen-bond donors (Lipinski definition) is 1. The molecule has 2 aliphatic heterocycles. The molecule has 2 saturated heterocycles. The minimum atomic E-state index is 0.0703. The molecule has 4 heteroatoms. The lowest BCUT2D eigenvalue weighted by Gasteiger charge is -2.38. The molecule has 2 heterocycles. The highest BCUT2D eigenvalue weighted by molar-refractivity contribution is 5.82. The van der Waals surface area contributed by atoms with Crippen LogP contribution in [0.1, 0.15) is 40.0 Å². The van der Waals surface area contributed by atoms with Gasteiger partial charge in [0, 0.05) is 26.2 Å². The third-order valence-corrected chi connectivity index (χ3v) is 4.67. The number of piperazine rings is 1. The highest BCUT2D eigenvalue weighted by Crippen LogP contribution is 2.17. The lowest BCUT2D eigenvalue weighted by molar-refractivity contribution is -0.136. The molecule has 4 nitrogen and oxygen atoms in total. The summed E-state index contributed by atoms with van der Waals surface area (Å²) in [6, 6.07) is 0.0703. The summed E-state index contributed by atoms with van der Waals surface area (Å²) in [4.78, 5) is 17.1. The number of carbonyl (C=O) groups is 1. The maximum atomic E-state index is 12.5. The SMILES string of the molecule is CC(C)CCN1CCN(C(=O)C2CC(C)CCN2)CC1. The smallest absolute Gasteiger partial charge is 0.239 e. The molecule has 0 bridgehead atoms. The minimum Gasteiger partial charge on any atom is -0.339 e. The number of amides is 1. The second-order valence-electron chi connectivity index (χ2n) is 6.99. The Morgan fingerprint density at radius 2 is 1.95 bits per heavy atom. The van der Waals surface area contributed by atoms with Gasteiger partial charge in [-0.1, -0.05) is 20.8 Å². The maximum Gasteiger partial charge on any atom is 0.239 e. The molecule has 2 rings (SSSR count). The van der Waals surface area contributed by atoms with Crippen LogP contribution in [0, 0.1) is 11.8 Å². The molecule has 20 heavy (non-hydrogen) atoms. The fraction of sp³-hybridized carbons (Fsp3) is 0.938. The minimum absolute atomic E-state index is 0.0703. The van der Waals surface area contributed by atoms with Gasteiger partial charge in [-0.25, -0.2) is 0 Å². The first-order valence-corrected chi connectivity index (χ1v) is 8.30. The number of nitrogens with one attached hydrogen (secondary N) is 1. The normalized spacial score (nSPS) is 28.9. The molecule has 0 radical (unpaired) electrons. The lowest BCUT2D eigenvalue weighted by atomic mass is 9.93. The van der Waals surface area contributed by atoms with E-state index in [0.29, 0.717) is 11.8 Å². The summed E-state index contributed by atoms with van der Waals surface area (Å²) in [6.45, 7) is 12.9. The fourth-order valence-corrected chi connectivity index (χ4v) is 3.15. The van der Waals surface area contributed by atoms with Gasteiger partial charge < -0.3 is 10.2 Å². The Balaban J connectivity index is 1.74. The van der Waals surface area contributed by atoms with E-state index in [0.717, 1.165) is 45.1 Å². The van der Waals surface area contributed by atoms with Gasteiger partial charge in [0.15, 0.2) is 0 Å². The van der Waals surface area contributed by atoms with Crippen LogP contribution in [0.3, 0.4) is 0 Å². The Hall–Kier alpha value is -0.610. The molecular formula is C16H31N3O. The summed E-state index contributed by atoms with van der Waals surface area (Å²) < 4.78 is 0. The lowest BCUT2D eigenvalue weighted by Crippen LogP contribution is -2.55. The molecule has 2 unspecified atom stereocenters. The number of nitrogens with zero attached hydrogens (tertiary/aromatic N) is 2. The number of rotatable bonds is 4. The van der Waals surface area contributed by atoms with Crippen LogP contribution in [0.25, 0.3) is 0 Å². The van der Waals surface area contributed by atoms with Crippen molar-refractivity contribution in [3.05, 3.63) is 0 Å². The highest BCUT2D eigenvalue weighted by Gasteiger charge is 2.30. The van der Waals surface area contributed by atoms with E-state index >= 15 is 0 Å². The third kappa shape index (κ3) is 4.45. The van der Waals surface area contributed by atoms with Crippen LogP contribution in [0.4, 0.5) is 0 Å². The predicted molar refractivity (Wildman–Crippen MR) is 82.7 cm³/mol. The van der Waals surface area contributed by atoms with Crippen molar-refractivity contribution in [2.24, 2.45) is 11.8 Å². The second kappa shape index (κ2) is 7.41. The average Bonchev–Trinajstić information content (AvgIpc) is 2.45. The quantitative estimate of drug-likeness (QED) is 0.849. The zero-order valence-electron chi connectivity index (χ0n) is 13.4. The molecule has 1 amide bonds. The maximum absolute atomic E-state index is 12.5. The summed E-state index contributed by atoms with van der Waals surface area (Å²) in [7, 11) is 0. The summed E-state index contributed by atoms with van der Waals surface area (Å²) in [5.41, 5.74) is 0. The molecule has 2 fully saturated rings. The van der Waals surface area contributed by atoms with E-state index in [1.165, 1.54) is 19.4 Å². The van der Waals surface area contributed by atoms with Gasteiger partial charge in [0.05, 0.1) is 6.04 Å². The summed E-state index contributed by atoms with van der Waals surface area (Å²) in [5, 5.41) is 3.39. The van der Waals surface area contributed by atoms with Gasteiger partial charge in [-0.15, -0.1) is 0 Å². The Bertz CT molecular complexity index is 311. The van der Waals surface area contributed by atoms with Crippen LogP contribution in [-0.2, 0) is 4.79 Å². The fourth-order valence-electron chi connectivity index (χ4n) is 3.15. The Labute approximate surface area is 123 Å². The number of carbonyl (C=O) groups excluding carboxylic acids is 1. The zero-order chi connectivity index (χ0) is 14.5. The largest absolute Gasteiger partial charge is 0.339 e. The summed E-state index contributed by atoms with van der Waals surface area (Å²) in [6.07, 6.45) is 3.47. The van der Waals surface area contributed by atoms with E-state index in [1.54, 1.807) is 0 Å². The molecule has 0 aliphatic carbocycles. The first-order valence-electron chi connectivity index (χ1n) is 8.30. The first-order chi connectivity index (χ1) is 9.56. The van der Waals surface area contributed by atoms with Gasteiger partial charge in [-0.3, -0.25) is 9.69 Å². The van der Waals surface area contributed by atoms with Crippen LogP contribution >= 0.6 is 0 Å². The van der Waals surface area contributed by atoms with E-state index < -0.39 is 0 Å². The average molecular weight is 281 g/mol. The molecule has 2 atom stereocenters. The van der Waals surface area contributed by atoms with Crippen molar-refractivity contribution < 1.29 is 4.79 Å². The molecule has 2 aliphatic rings. The summed E-state index contributed by atoms with van der Waals surface area (Å²) in [5.74, 6) is 1.78. The molecule has 0 aromatic carbocycles. The molecule has 0 aromatic rings. The van der Waals surface area contributed by atoms with E-state index in [4.69, 9.17) is 0 Å². The van der Waals surface area contributed by atoms with Crippen molar-refractivity contribution in [3.8, 4) is 0 Å². The number of hydrogen-bond acceptors (Lipinski definition) is 3. The van der Waals surface area contributed by atoms with Gasteiger partial charge in [0.2, 0.25) is 5.91 Å². The molecule has 1 N–H and O–H groups in total. The Morgan fingerprint density at radius 3 is 2.55 bits per heavy atom. The van der Waals surface area contributed by atoms with Crippen LogP contribution in [-0.4, -0.2) is 61.0 Å². The second-order valence-corrected chi connectivity index (χ2v) is 6.99. The molecule has 0 spiro atoms. The standard InChI is InChI=1S/C16H31N3O/c1-13(2)5-7-18-8-10-19(11-9-18)16(20)15-12-14(3)4-6-17-15/h13-15,17H,4-12H2,1-3H3. The van der Waals surface area contributed by atoms with Gasteiger partial charge in [0.25, 0.3) is 0 Å². The van der Waals surface area contributed by atoms with E-state index in [2.05, 4.69) is 35.9 Å². The van der Waals surface area contributed by atoms with Gasteiger partial charge in [-0.05, 0) is 44.2 Å². The topological polar surface area (TPSA) is 35.6 Å². The number of piperidine rings is 1. The Morgan fingerprint density at radius 1 is 1.25 bits per heavy atom. The highest BCUT2D eigenvalue weighted by atomic mass is 16.2. The van der Waals surface area contributed by atoms with Crippen molar-refractivity contribution >= 4 is 5.91 Å². The van der Waals surface area contributed by atoms with Crippen molar-refractivity contribution in [1.29, 1.82) is 0 Å². The Kier molecular flexibility index (Phi) is 5.85. The van der Waals surface area contributed by atoms with Gasteiger partial charge in [0.1, 0.15) is 0 Å². The van der Waals surface area contributed by atoms with Crippen LogP contribution in [0.15, 0.2) is 0 Å². The van der Waals surface area contributed by atoms with Crippen LogP contribution < -0.4 is 5.32 Å². The van der Waals surface area contributed by atoms with Crippen LogP contribution in [0.2, 0.25) is 0 Å². The van der Waals surface area contributed by atoms with Crippen LogP contribution in [0.5, 0.6) is 0 Å². The predicted octanol–water partition coefficient (Wildman–Crippen LogP) is 1.56. The molecule has 116 valence electrons. The molecule has 0 saturated carbocycles. The van der Waals surface area contributed by atoms with Crippen molar-refractivity contribution in [2.75, 3.05) is 39.3 Å². The molecule has 0 aromatic heterocycles. The van der Waals surface area contributed by atoms with E-state index in [9.17, 15) is 4.79 Å². The summed E-state index contributed by atoms with van der Waals surface area (Å²) >= 11 is 0.